The highest BCUT2D eigenvalue weighted by Gasteiger charge is 2.23. The third-order valence-electron chi connectivity index (χ3n) is 4.88. The van der Waals surface area contributed by atoms with Gasteiger partial charge >= 0.3 is 5.69 Å². The van der Waals surface area contributed by atoms with Gasteiger partial charge in [0.1, 0.15) is 0 Å². The maximum atomic E-state index is 12.5. The van der Waals surface area contributed by atoms with Crippen molar-refractivity contribution >= 4 is 16.8 Å². The number of benzene rings is 1. The van der Waals surface area contributed by atoms with Crippen molar-refractivity contribution in [3.05, 3.63) is 44.6 Å². The molecular weight excluding hydrogens is 358 g/mol. The zero-order chi connectivity index (χ0) is 19.6. The van der Waals surface area contributed by atoms with Crippen molar-refractivity contribution in [2.75, 3.05) is 19.6 Å². The molecule has 0 atom stereocenters. The van der Waals surface area contributed by atoms with Gasteiger partial charge < -0.3 is 10.3 Å². The number of aromatic nitrogens is 2. The first-order valence-corrected chi connectivity index (χ1v) is 8.97. The number of nitrogens with zero attached hydrogens (tertiary/aromatic N) is 2. The lowest BCUT2D eigenvalue weighted by atomic mass is 10.0. The van der Waals surface area contributed by atoms with Crippen LogP contribution in [0, 0.1) is 0 Å². The van der Waals surface area contributed by atoms with E-state index in [4.69, 9.17) is 0 Å². The SMILES string of the molecule is CCn1c(=O)[nH]c2cc(C(=O)NC3CCN(CC(F)F)CC3)ccc2c1=O. The van der Waals surface area contributed by atoms with E-state index in [2.05, 4.69) is 10.3 Å². The Hall–Kier alpha value is -2.55. The topological polar surface area (TPSA) is 87.2 Å². The average molecular weight is 380 g/mol. The molecule has 1 saturated heterocycles. The minimum absolute atomic E-state index is 0.0886. The molecule has 1 amide bonds. The van der Waals surface area contributed by atoms with Crippen molar-refractivity contribution in [1.29, 1.82) is 0 Å². The zero-order valence-electron chi connectivity index (χ0n) is 15.0. The van der Waals surface area contributed by atoms with Gasteiger partial charge in [0.2, 0.25) is 0 Å². The van der Waals surface area contributed by atoms with Crippen LogP contribution in [0.3, 0.4) is 0 Å². The number of alkyl halides is 2. The smallest absolute Gasteiger partial charge is 0.328 e. The second-order valence-corrected chi connectivity index (χ2v) is 6.68. The normalized spacial score (nSPS) is 16.1. The van der Waals surface area contributed by atoms with Crippen LogP contribution in [0.5, 0.6) is 0 Å². The minimum Gasteiger partial charge on any atom is -0.349 e. The third-order valence-corrected chi connectivity index (χ3v) is 4.88. The number of halogens is 2. The monoisotopic (exact) mass is 380 g/mol. The molecule has 0 bridgehead atoms. The Balaban J connectivity index is 1.71. The van der Waals surface area contributed by atoms with Crippen molar-refractivity contribution in [3.8, 4) is 0 Å². The number of hydrogen-bond donors (Lipinski definition) is 2. The van der Waals surface area contributed by atoms with Crippen molar-refractivity contribution in [3.63, 3.8) is 0 Å². The molecule has 1 aliphatic rings. The lowest BCUT2D eigenvalue weighted by Gasteiger charge is -2.32. The lowest BCUT2D eigenvalue weighted by Crippen LogP contribution is -2.45. The first-order valence-electron chi connectivity index (χ1n) is 8.97. The number of likely N-dealkylation sites (tertiary alicyclic amines) is 1. The van der Waals surface area contributed by atoms with E-state index in [9.17, 15) is 23.2 Å². The van der Waals surface area contributed by atoms with E-state index in [0.29, 0.717) is 42.4 Å². The molecule has 1 aromatic heterocycles. The number of carbonyl (C=O) groups excluding carboxylic acids is 1. The number of piperidine rings is 1. The number of aromatic amines is 1. The standard InChI is InChI=1S/C18H22F2N4O3/c1-2-24-17(26)13-4-3-11(9-14(13)22-18(24)27)16(25)21-12-5-7-23(8-6-12)10-15(19)20/h3-4,9,12,15H,2,5-8,10H2,1H3,(H,21,25)(H,22,27). The molecule has 1 fully saturated rings. The van der Waals surface area contributed by atoms with Gasteiger partial charge in [0.05, 0.1) is 17.4 Å². The number of fused-ring (bicyclic) bond motifs is 1. The van der Waals surface area contributed by atoms with Crippen LogP contribution in [0.15, 0.2) is 27.8 Å². The van der Waals surface area contributed by atoms with Crippen LogP contribution in [-0.2, 0) is 6.54 Å². The Kier molecular flexibility index (Phi) is 5.69. The summed E-state index contributed by atoms with van der Waals surface area (Å²) >= 11 is 0. The Morgan fingerprint density at radius 3 is 2.63 bits per heavy atom. The van der Waals surface area contributed by atoms with Crippen LogP contribution in [0.25, 0.3) is 10.9 Å². The Labute approximate surface area is 154 Å². The summed E-state index contributed by atoms with van der Waals surface area (Å²) in [6.45, 7) is 2.75. The Bertz CT molecular complexity index is 946. The molecule has 9 heteroatoms. The predicted octanol–water partition coefficient (Wildman–Crippen LogP) is 1.17. The van der Waals surface area contributed by atoms with E-state index in [1.807, 2.05) is 0 Å². The van der Waals surface area contributed by atoms with Crippen LogP contribution >= 0.6 is 0 Å². The predicted molar refractivity (Wildman–Crippen MR) is 97.4 cm³/mol. The molecule has 2 aromatic rings. The first kappa shape index (κ1) is 19.2. The van der Waals surface area contributed by atoms with Crippen LogP contribution in [0.1, 0.15) is 30.1 Å². The molecule has 0 unspecified atom stereocenters. The molecule has 27 heavy (non-hydrogen) atoms. The summed E-state index contributed by atoms with van der Waals surface area (Å²) in [6, 6.07) is 4.47. The van der Waals surface area contributed by atoms with Crippen LogP contribution < -0.4 is 16.6 Å². The van der Waals surface area contributed by atoms with E-state index in [0.717, 1.165) is 4.57 Å². The maximum absolute atomic E-state index is 12.5. The van der Waals surface area contributed by atoms with Crippen molar-refractivity contribution in [2.24, 2.45) is 0 Å². The number of carbonyl (C=O) groups is 1. The molecule has 7 nitrogen and oxygen atoms in total. The molecule has 2 heterocycles. The minimum atomic E-state index is -2.35. The van der Waals surface area contributed by atoms with Gasteiger partial charge in [-0.3, -0.25) is 19.1 Å². The van der Waals surface area contributed by atoms with Crippen molar-refractivity contribution < 1.29 is 13.6 Å². The summed E-state index contributed by atoms with van der Waals surface area (Å²) in [4.78, 5) is 41.0. The summed E-state index contributed by atoms with van der Waals surface area (Å²) in [5.74, 6) is -0.315. The van der Waals surface area contributed by atoms with E-state index >= 15 is 0 Å². The van der Waals surface area contributed by atoms with Gasteiger partial charge in [0.25, 0.3) is 17.9 Å². The molecule has 2 N–H and O–H groups in total. The highest BCUT2D eigenvalue weighted by molar-refractivity contribution is 5.97. The van der Waals surface area contributed by atoms with Gasteiger partial charge in [0.15, 0.2) is 0 Å². The molecule has 1 aliphatic heterocycles. The largest absolute Gasteiger partial charge is 0.349 e. The van der Waals surface area contributed by atoms with Gasteiger partial charge in [-0.2, -0.15) is 0 Å². The molecular formula is C18H22F2N4O3. The van der Waals surface area contributed by atoms with Gasteiger partial charge in [0, 0.05) is 31.2 Å². The highest BCUT2D eigenvalue weighted by atomic mass is 19.3. The summed E-state index contributed by atoms with van der Waals surface area (Å²) in [5.41, 5.74) is -0.260. The summed E-state index contributed by atoms with van der Waals surface area (Å²) in [5, 5.41) is 3.24. The molecule has 0 aliphatic carbocycles. The van der Waals surface area contributed by atoms with E-state index in [1.165, 1.54) is 12.1 Å². The zero-order valence-corrected chi connectivity index (χ0v) is 15.0. The maximum Gasteiger partial charge on any atom is 0.328 e. The van der Waals surface area contributed by atoms with E-state index in [1.54, 1.807) is 17.9 Å². The van der Waals surface area contributed by atoms with Gasteiger partial charge in [-0.1, -0.05) is 0 Å². The average Bonchev–Trinajstić information content (AvgIpc) is 2.62. The van der Waals surface area contributed by atoms with E-state index in [-0.39, 0.29) is 25.0 Å². The van der Waals surface area contributed by atoms with Gasteiger partial charge in [-0.15, -0.1) is 0 Å². The summed E-state index contributed by atoms with van der Waals surface area (Å²) < 4.78 is 25.9. The number of amides is 1. The molecule has 146 valence electrons. The quantitative estimate of drug-likeness (QED) is 0.815. The summed E-state index contributed by atoms with van der Waals surface area (Å²) in [7, 11) is 0. The molecule has 1 aromatic carbocycles. The fourth-order valence-electron chi connectivity index (χ4n) is 3.41. The third kappa shape index (κ3) is 4.24. The fourth-order valence-corrected chi connectivity index (χ4v) is 3.41. The molecule has 0 spiro atoms. The Morgan fingerprint density at radius 2 is 2.00 bits per heavy atom. The number of nitrogens with one attached hydrogen (secondary N) is 2. The number of H-pyrrole nitrogens is 1. The molecule has 3 rings (SSSR count). The second kappa shape index (κ2) is 7.99. The molecule has 0 radical (unpaired) electrons. The van der Waals surface area contributed by atoms with Crippen LogP contribution in [-0.4, -0.2) is 52.5 Å². The van der Waals surface area contributed by atoms with E-state index < -0.39 is 17.7 Å². The fraction of sp³-hybridized carbons (Fsp3) is 0.500. The first-order chi connectivity index (χ1) is 12.9. The van der Waals surface area contributed by atoms with Crippen LogP contribution in [0.2, 0.25) is 0 Å². The Morgan fingerprint density at radius 1 is 1.30 bits per heavy atom. The molecule has 0 saturated carbocycles. The highest BCUT2D eigenvalue weighted by Crippen LogP contribution is 2.14. The van der Waals surface area contributed by atoms with Crippen molar-refractivity contribution in [1.82, 2.24) is 19.8 Å². The number of rotatable bonds is 5. The number of hydrogen-bond acceptors (Lipinski definition) is 4. The second-order valence-electron chi connectivity index (χ2n) is 6.68. The lowest BCUT2D eigenvalue weighted by molar-refractivity contribution is 0.0696. The van der Waals surface area contributed by atoms with Gasteiger partial charge in [-0.25, -0.2) is 13.6 Å². The van der Waals surface area contributed by atoms with Crippen molar-refractivity contribution in [2.45, 2.75) is 38.8 Å². The van der Waals surface area contributed by atoms with Gasteiger partial charge in [-0.05, 0) is 38.0 Å². The van der Waals surface area contributed by atoms with Crippen LogP contribution in [0.4, 0.5) is 8.78 Å². The summed E-state index contributed by atoms with van der Waals surface area (Å²) in [6.07, 6.45) is -1.15.